The normalized spacial score (nSPS) is 33.2. The molecule has 0 unspecified atom stereocenters. The zero-order valence-electron chi connectivity index (χ0n) is 26.1. The number of ether oxygens (including phenoxy) is 7. The van der Waals surface area contributed by atoms with Crippen molar-refractivity contribution >= 4 is 17.6 Å². The first-order chi connectivity index (χ1) is 21.2. The number of piperidine rings is 2. The number of benzene rings is 2. The van der Waals surface area contributed by atoms with Gasteiger partial charge in [0.2, 0.25) is 5.75 Å². The minimum absolute atomic E-state index is 0.0296. The first-order valence-electron chi connectivity index (χ1n) is 14.8. The largest absolute Gasteiger partial charge is 0.497 e. The number of hydrogen-bond acceptors (Lipinski definition) is 11. The molecule has 234 valence electrons. The van der Waals surface area contributed by atoms with E-state index in [2.05, 4.69) is 15.9 Å². The molecule has 4 fully saturated rings. The minimum Gasteiger partial charge on any atom is -0.497 e. The fourth-order valence-corrected chi connectivity index (χ4v) is 9.37. The monoisotopic (exact) mass is 606 g/mol. The van der Waals surface area contributed by atoms with Crippen LogP contribution in [0.5, 0.6) is 23.0 Å². The second kappa shape index (κ2) is 9.77. The van der Waals surface area contributed by atoms with E-state index in [0.29, 0.717) is 42.4 Å². The van der Waals surface area contributed by atoms with Crippen molar-refractivity contribution < 1.29 is 42.7 Å². The molecule has 11 nitrogen and oxygen atoms in total. The van der Waals surface area contributed by atoms with Crippen LogP contribution in [0, 0.1) is 11.3 Å². The van der Waals surface area contributed by atoms with Crippen molar-refractivity contribution in [2.45, 2.75) is 43.2 Å². The number of esters is 2. The molecule has 1 saturated carbocycles. The Morgan fingerprint density at radius 1 is 1.02 bits per heavy atom. The average Bonchev–Trinajstić information content (AvgIpc) is 3.67. The predicted molar refractivity (Wildman–Crippen MR) is 158 cm³/mol. The van der Waals surface area contributed by atoms with Crippen LogP contribution in [0.3, 0.4) is 0 Å². The smallest absolute Gasteiger partial charge is 0.338 e. The van der Waals surface area contributed by atoms with E-state index in [1.165, 1.54) is 28.4 Å². The summed E-state index contributed by atoms with van der Waals surface area (Å²) in [4.78, 5) is 33.1. The van der Waals surface area contributed by atoms with Crippen LogP contribution in [0.2, 0.25) is 0 Å². The van der Waals surface area contributed by atoms with Gasteiger partial charge in [0.05, 0.1) is 52.6 Å². The zero-order valence-corrected chi connectivity index (χ0v) is 26.1. The summed E-state index contributed by atoms with van der Waals surface area (Å²) in [6, 6.07) is 9.10. The highest BCUT2D eigenvalue weighted by atomic mass is 16.6. The average molecular weight is 607 g/mol. The Kier molecular flexibility index (Phi) is 6.39. The summed E-state index contributed by atoms with van der Waals surface area (Å²) >= 11 is 0. The van der Waals surface area contributed by atoms with Gasteiger partial charge >= 0.3 is 11.9 Å². The number of anilines is 1. The van der Waals surface area contributed by atoms with Gasteiger partial charge in [-0.05, 0) is 49.2 Å². The van der Waals surface area contributed by atoms with E-state index in [1.54, 1.807) is 19.2 Å². The van der Waals surface area contributed by atoms with Gasteiger partial charge in [0.25, 0.3) is 0 Å². The maximum atomic E-state index is 14.6. The SMILES string of the molecule is CC=C1CN2[C@@H]3C[C@@]45c6cc(OC)ccc6N(C)[C@]4(O3)[C@@H]2C[C@@H]1[C@]5(COC(=O)c1cc(OC)c(OC)c(OC)c1)C(=O)OC. The van der Waals surface area contributed by atoms with Crippen molar-refractivity contribution in [3.63, 3.8) is 0 Å². The molecule has 0 aromatic heterocycles. The predicted octanol–water partition coefficient (Wildman–Crippen LogP) is 3.53. The van der Waals surface area contributed by atoms with Gasteiger partial charge in [0.1, 0.15) is 24.0 Å². The molecule has 4 heterocycles. The van der Waals surface area contributed by atoms with E-state index in [-0.39, 0.29) is 30.4 Å². The van der Waals surface area contributed by atoms with Gasteiger partial charge in [-0.3, -0.25) is 9.69 Å². The Hall–Kier alpha value is -3.96. The third kappa shape index (κ3) is 3.13. The molecule has 11 heteroatoms. The van der Waals surface area contributed by atoms with Crippen molar-refractivity contribution in [3.8, 4) is 23.0 Å². The molecule has 0 amide bonds. The molecule has 0 N–H and O–H groups in total. The highest BCUT2D eigenvalue weighted by Gasteiger charge is 2.88. The summed E-state index contributed by atoms with van der Waals surface area (Å²) in [5.41, 5.74) is 0.158. The Balaban J connectivity index is 1.42. The molecule has 6 atom stereocenters. The lowest BCUT2D eigenvalue weighted by Crippen LogP contribution is -2.80. The Morgan fingerprint density at radius 2 is 1.75 bits per heavy atom. The maximum absolute atomic E-state index is 14.6. The van der Waals surface area contributed by atoms with Crippen LogP contribution in [0.1, 0.15) is 35.7 Å². The first-order valence-corrected chi connectivity index (χ1v) is 14.8. The zero-order chi connectivity index (χ0) is 31.2. The van der Waals surface area contributed by atoms with Crippen LogP contribution in [0.25, 0.3) is 0 Å². The van der Waals surface area contributed by atoms with Crippen LogP contribution in [0.15, 0.2) is 42.0 Å². The number of rotatable bonds is 8. The fourth-order valence-electron chi connectivity index (χ4n) is 9.37. The summed E-state index contributed by atoms with van der Waals surface area (Å²) < 4.78 is 41.1. The van der Waals surface area contributed by atoms with Gasteiger partial charge in [-0.1, -0.05) is 11.6 Å². The molecular formula is C33H38N2O9. The fraction of sp³-hybridized carbons (Fsp3) is 0.515. The van der Waals surface area contributed by atoms with Crippen molar-refractivity contribution in [3.05, 3.63) is 53.1 Å². The summed E-state index contributed by atoms with van der Waals surface area (Å²) in [6.07, 6.45) is 3.07. The lowest BCUT2D eigenvalue weighted by Gasteiger charge is -2.65. The second-order valence-electron chi connectivity index (χ2n) is 12.1. The summed E-state index contributed by atoms with van der Waals surface area (Å²) in [5, 5.41) is 0. The molecule has 44 heavy (non-hydrogen) atoms. The second-order valence-corrected chi connectivity index (χ2v) is 12.1. The summed E-state index contributed by atoms with van der Waals surface area (Å²) in [5.74, 6) is 0.381. The Morgan fingerprint density at radius 3 is 2.36 bits per heavy atom. The Bertz CT molecular complexity index is 1570. The molecule has 5 aliphatic rings. The number of carbonyl (C=O) groups is 2. The number of allylic oxidation sites excluding steroid dienone is 1. The van der Waals surface area contributed by atoms with Crippen LogP contribution in [0.4, 0.5) is 5.69 Å². The van der Waals surface area contributed by atoms with Crippen molar-refractivity contribution in [1.82, 2.24) is 4.90 Å². The highest BCUT2D eigenvalue weighted by Crippen LogP contribution is 2.78. The molecule has 2 aromatic carbocycles. The van der Waals surface area contributed by atoms with Crippen LogP contribution in [-0.2, 0) is 24.4 Å². The van der Waals surface area contributed by atoms with Crippen molar-refractivity contribution in [1.29, 1.82) is 0 Å². The van der Waals surface area contributed by atoms with Gasteiger partial charge in [0.15, 0.2) is 17.2 Å². The highest BCUT2D eigenvalue weighted by molar-refractivity contribution is 5.92. The van der Waals surface area contributed by atoms with Crippen LogP contribution >= 0.6 is 0 Å². The number of likely N-dealkylation sites (N-methyl/N-ethyl adjacent to an activating group) is 1. The molecule has 1 spiro atoms. The summed E-state index contributed by atoms with van der Waals surface area (Å²) in [6.45, 7) is 2.45. The molecule has 1 aliphatic carbocycles. The summed E-state index contributed by atoms with van der Waals surface area (Å²) in [7, 11) is 9.54. The lowest BCUT2D eigenvalue weighted by atomic mass is 9.42. The van der Waals surface area contributed by atoms with Gasteiger partial charge < -0.3 is 38.1 Å². The lowest BCUT2D eigenvalue weighted by molar-refractivity contribution is -0.194. The van der Waals surface area contributed by atoms with E-state index >= 15 is 0 Å². The quantitative estimate of drug-likeness (QED) is 0.326. The number of nitrogens with zero attached hydrogens (tertiary/aromatic N) is 2. The van der Waals surface area contributed by atoms with E-state index in [0.717, 1.165) is 16.8 Å². The number of methoxy groups -OCH3 is 5. The molecule has 0 radical (unpaired) electrons. The molecule has 4 aliphatic heterocycles. The van der Waals surface area contributed by atoms with Crippen LogP contribution in [-0.4, -0.2) is 90.6 Å². The topological polar surface area (TPSA) is 105 Å². The molecule has 7 rings (SSSR count). The van der Waals surface area contributed by atoms with Gasteiger partial charge in [-0.15, -0.1) is 0 Å². The van der Waals surface area contributed by atoms with E-state index in [1.807, 2.05) is 32.2 Å². The van der Waals surface area contributed by atoms with E-state index in [9.17, 15) is 9.59 Å². The third-order valence-corrected chi connectivity index (χ3v) is 11.0. The molecule has 4 bridgehead atoms. The first kappa shape index (κ1) is 28.8. The van der Waals surface area contributed by atoms with E-state index in [4.69, 9.17) is 33.2 Å². The number of carbonyl (C=O) groups excluding carboxylic acids is 2. The minimum atomic E-state index is -1.30. The van der Waals surface area contributed by atoms with Gasteiger partial charge in [0, 0.05) is 31.6 Å². The van der Waals surface area contributed by atoms with Gasteiger partial charge in [-0.2, -0.15) is 0 Å². The number of hydrogen-bond donors (Lipinski definition) is 0. The molecular weight excluding hydrogens is 568 g/mol. The van der Waals surface area contributed by atoms with Crippen molar-refractivity contribution in [2.24, 2.45) is 11.3 Å². The molecule has 3 saturated heterocycles. The third-order valence-electron chi connectivity index (χ3n) is 11.0. The van der Waals surface area contributed by atoms with E-state index < -0.39 is 28.5 Å². The van der Waals surface area contributed by atoms with Gasteiger partial charge in [-0.25, -0.2) is 4.79 Å². The van der Waals surface area contributed by atoms with Crippen LogP contribution < -0.4 is 23.8 Å². The van der Waals surface area contributed by atoms with Crippen molar-refractivity contribution in [2.75, 3.05) is 60.6 Å². The maximum Gasteiger partial charge on any atom is 0.338 e. The standard InChI is InChI=1S/C33H38N2O9/c1-8-18-16-35-26-14-21(18)31(30(37)42-7,17-43-29(36)19-11-24(39-4)28(41-6)25(12-19)40-5)32-15-27(35)44-33(26,32)34(2)23-10-9-20(38-3)13-22(23)32/h8-13,21,26-27H,14-17H2,1-7H3/t21-,26-,27-,31+,32-,33-/m0/s1. The number of fused-ring (bicyclic) bond motifs is 4. The Labute approximate surface area is 256 Å². The molecule has 2 aromatic rings.